The van der Waals surface area contributed by atoms with E-state index in [1.165, 1.54) is 0 Å². The Labute approximate surface area is 75.4 Å². The van der Waals surface area contributed by atoms with Gasteiger partial charge in [0, 0.05) is 17.5 Å². The van der Waals surface area contributed by atoms with Gasteiger partial charge in [0.25, 0.3) is 6.71 Å². The number of nitriles is 1. The molecule has 1 fully saturated rings. The lowest BCUT2D eigenvalue weighted by Crippen LogP contribution is -2.42. The molecule has 1 N–H and O–H groups in total. The van der Waals surface area contributed by atoms with Crippen LogP contribution in [-0.4, -0.2) is 18.3 Å². The number of hydrogen-bond acceptors (Lipinski definition) is 2. The third-order valence-electron chi connectivity index (χ3n) is 2.25. The average Bonchev–Trinajstić information content (AvgIpc) is 2.32. The molecule has 1 saturated heterocycles. The molecule has 0 aliphatic carbocycles. The standard InChI is InChI=1S/C9H17BN2/c1-9(2,3)12-8-4-5-10(6-8)7-11/h8,12H,4-6H2,1-3H3. The smallest absolute Gasteiger partial charge is 0.269 e. The Kier molecular flexibility index (Phi) is 2.79. The van der Waals surface area contributed by atoms with Gasteiger partial charge in [0.15, 0.2) is 0 Å². The number of hydrogen-bond donors (Lipinski definition) is 1. The molecule has 0 aromatic heterocycles. The average molecular weight is 164 g/mol. The van der Waals surface area contributed by atoms with Crippen LogP contribution in [0.15, 0.2) is 0 Å². The first kappa shape index (κ1) is 9.60. The molecule has 12 heavy (non-hydrogen) atoms. The molecule has 0 aromatic rings. The second kappa shape index (κ2) is 3.49. The van der Waals surface area contributed by atoms with E-state index in [-0.39, 0.29) is 5.54 Å². The van der Waals surface area contributed by atoms with E-state index in [9.17, 15) is 0 Å². The van der Waals surface area contributed by atoms with Crippen molar-refractivity contribution in [1.29, 1.82) is 5.26 Å². The van der Waals surface area contributed by atoms with E-state index < -0.39 is 0 Å². The van der Waals surface area contributed by atoms with Crippen molar-refractivity contribution in [3.05, 3.63) is 0 Å². The molecular weight excluding hydrogens is 147 g/mol. The molecule has 0 radical (unpaired) electrons. The van der Waals surface area contributed by atoms with Gasteiger partial charge in [0.1, 0.15) is 0 Å². The zero-order valence-corrected chi connectivity index (χ0v) is 8.22. The summed E-state index contributed by atoms with van der Waals surface area (Å²) in [6.45, 7) is 6.82. The largest absolute Gasteiger partial charge is 0.310 e. The molecule has 66 valence electrons. The van der Waals surface area contributed by atoms with Gasteiger partial charge in [-0.2, -0.15) is 0 Å². The van der Waals surface area contributed by atoms with E-state index >= 15 is 0 Å². The highest BCUT2D eigenvalue weighted by Crippen LogP contribution is 2.21. The zero-order chi connectivity index (χ0) is 9.19. The Morgan fingerprint density at radius 2 is 2.17 bits per heavy atom. The predicted octanol–water partition coefficient (Wildman–Crippen LogP) is 1.70. The Hall–Kier alpha value is -0.485. The molecule has 1 aliphatic heterocycles. The van der Waals surface area contributed by atoms with Gasteiger partial charge in [-0.05, 0) is 33.5 Å². The second-order valence-electron chi connectivity index (χ2n) is 4.73. The van der Waals surface area contributed by atoms with Crippen molar-refractivity contribution in [3.8, 4) is 5.97 Å². The molecule has 0 saturated carbocycles. The molecule has 0 amide bonds. The fraction of sp³-hybridized carbons (Fsp3) is 0.889. The van der Waals surface area contributed by atoms with Gasteiger partial charge in [-0.3, -0.25) is 0 Å². The molecule has 1 aliphatic rings. The summed E-state index contributed by atoms with van der Waals surface area (Å²) in [6, 6.07) is 0.564. The second-order valence-corrected chi connectivity index (χ2v) is 4.73. The molecule has 1 atom stereocenters. The summed E-state index contributed by atoms with van der Waals surface area (Å²) in [4.78, 5) is 0. The number of nitrogens with one attached hydrogen (secondary N) is 1. The van der Waals surface area contributed by atoms with Crippen molar-refractivity contribution in [2.75, 3.05) is 0 Å². The van der Waals surface area contributed by atoms with E-state index in [4.69, 9.17) is 5.26 Å². The maximum atomic E-state index is 8.70. The summed E-state index contributed by atoms with van der Waals surface area (Å²) in [5.74, 6) is 2.34. The van der Waals surface area contributed by atoms with Crippen LogP contribution in [0.3, 0.4) is 0 Å². The van der Waals surface area contributed by atoms with Gasteiger partial charge < -0.3 is 5.32 Å². The zero-order valence-electron chi connectivity index (χ0n) is 8.22. The van der Waals surface area contributed by atoms with Crippen molar-refractivity contribution in [2.24, 2.45) is 0 Å². The lowest BCUT2D eigenvalue weighted by Gasteiger charge is -2.25. The summed E-state index contributed by atoms with van der Waals surface area (Å²) in [6.07, 6.45) is 3.27. The van der Waals surface area contributed by atoms with Gasteiger partial charge in [0.05, 0.1) is 0 Å². The summed E-state index contributed by atoms with van der Waals surface area (Å²) in [5.41, 5.74) is 0.189. The lowest BCUT2D eigenvalue weighted by molar-refractivity contribution is 0.373. The predicted molar refractivity (Wildman–Crippen MR) is 52.3 cm³/mol. The highest BCUT2D eigenvalue weighted by molar-refractivity contribution is 6.67. The number of rotatable bonds is 1. The van der Waals surface area contributed by atoms with Crippen LogP contribution in [-0.2, 0) is 0 Å². The van der Waals surface area contributed by atoms with Crippen LogP contribution in [0.1, 0.15) is 27.2 Å². The highest BCUT2D eigenvalue weighted by atomic mass is 15.0. The third-order valence-corrected chi connectivity index (χ3v) is 2.25. The van der Waals surface area contributed by atoms with Gasteiger partial charge in [-0.1, -0.05) is 6.32 Å². The van der Waals surface area contributed by atoms with Crippen LogP contribution in [0.2, 0.25) is 12.6 Å². The quantitative estimate of drug-likeness (QED) is 0.598. The van der Waals surface area contributed by atoms with Crippen LogP contribution in [0.4, 0.5) is 0 Å². The summed E-state index contributed by atoms with van der Waals surface area (Å²) >= 11 is 0. The van der Waals surface area contributed by atoms with E-state index in [2.05, 4.69) is 32.1 Å². The van der Waals surface area contributed by atoms with Crippen LogP contribution < -0.4 is 5.32 Å². The van der Waals surface area contributed by atoms with E-state index in [0.29, 0.717) is 12.8 Å². The van der Waals surface area contributed by atoms with E-state index in [1.54, 1.807) is 0 Å². The minimum absolute atomic E-state index is 0.189. The summed E-state index contributed by atoms with van der Waals surface area (Å²) < 4.78 is 0. The van der Waals surface area contributed by atoms with Crippen LogP contribution >= 0.6 is 0 Å². The van der Waals surface area contributed by atoms with Crippen LogP contribution in [0, 0.1) is 11.2 Å². The molecule has 0 bridgehead atoms. The molecule has 3 heteroatoms. The summed E-state index contributed by atoms with van der Waals surface area (Å²) in [7, 11) is 0. The van der Waals surface area contributed by atoms with Gasteiger partial charge in [-0.15, -0.1) is 0 Å². The van der Waals surface area contributed by atoms with E-state index in [0.717, 1.165) is 19.1 Å². The fourth-order valence-corrected chi connectivity index (χ4v) is 1.84. The normalized spacial score (nSPS) is 24.2. The van der Waals surface area contributed by atoms with Crippen molar-refractivity contribution < 1.29 is 0 Å². The van der Waals surface area contributed by atoms with Crippen LogP contribution in [0.5, 0.6) is 0 Å². The molecule has 0 spiro atoms. The van der Waals surface area contributed by atoms with Gasteiger partial charge in [-0.25, -0.2) is 5.26 Å². The maximum Gasteiger partial charge on any atom is 0.269 e. The Balaban J connectivity index is 2.34. The molecule has 1 heterocycles. The third kappa shape index (κ3) is 2.87. The molecule has 0 aromatic carbocycles. The monoisotopic (exact) mass is 164 g/mol. The summed E-state index contributed by atoms with van der Waals surface area (Å²) in [5, 5.41) is 12.2. The maximum absolute atomic E-state index is 8.70. The minimum Gasteiger partial charge on any atom is -0.310 e. The molecule has 2 nitrogen and oxygen atoms in total. The lowest BCUT2D eigenvalue weighted by atomic mass is 9.50. The topological polar surface area (TPSA) is 35.8 Å². The first-order valence-electron chi connectivity index (χ1n) is 4.68. The van der Waals surface area contributed by atoms with E-state index in [1.807, 2.05) is 0 Å². The minimum atomic E-state index is 0.189. The number of nitrogens with zero attached hydrogens (tertiary/aromatic N) is 1. The van der Waals surface area contributed by atoms with Crippen molar-refractivity contribution in [1.82, 2.24) is 5.32 Å². The SMILES string of the molecule is CC(C)(C)NC1CCB(C#N)C1. The van der Waals surface area contributed by atoms with Crippen molar-refractivity contribution in [2.45, 2.75) is 51.4 Å². The fourth-order valence-electron chi connectivity index (χ4n) is 1.84. The van der Waals surface area contributed by atoms with Gasteiger partial charge in [0.2, 0.25) is 0 Å². The Morgan fingerprint density at radius 1 is 1.50 bits per heavy atom. The highest BCUT2D eigenvalue weighted by Gasteiger charge is 2.29. The Morgan fingerprint density at radius 3 is 2.58 bits per heavy atom. The first-order chi connectivity index (χ1) is 5.51. The molecule has 1 unspecified atom stereocenters. The molecular formula is C9H17BN2. The Bertz CT molecular complexity index is 190. The molecule has 1 rings (SSSR count). The van der Waals surface area contributed by atoms with Crippen LogP contribution in [0.25, 0.3) is 0 Å². The first-order valence-corrected chi connectivity index (χ1v) is 4.68. The van der Waals surface area contributed by atoms with Gasteiger partial charge >= 0.3 is 0 Å². The van der Waals surface area contributed by atoms with Crippen molar-refractivity contribution in [3.63, 3.8) is 0 Å². The van der Waals surface area contributed by atoms with Crippen molar-refractivity contribution >= 4 is 6.71 Å².